The first-order chi connectivity index (χ1) is 5.47. The average molecular weight is 217 g/mol. The summed E-state index contributed by atoms with van der Waals surface area (Å²) in [5.74, 6) is 0. The van der Waals surface area contributed by atoms with Crippen LogP contribution in [0.5, 0.6) is 0 Å². The lowest BCUT2D eigenvalue weighted by atomic mass is 10.4. The fourth-order valence-electron chi connectivity index (χ4n) is 0.309. The van der Waals surface area contributed by atoms with E-state index < -0.39 is 10.4 Å². The van der Waals surface area contributed by atoms with Crippen LogP contribution in [0.15, 0.2) is 0 Å². The van der Waals surface area contributed by atoms with E-state index in [-0.39, 0.29) is 18.1 Å². The summed E-state index contributed by atoms with van der Waals surface area (Å²) in [6.07, 6.45) is 1.48. The molecule has 0 spiro atoms. The Kier molecular flexibility index (Phi) is 10.4. The molecule has 6 nitrogen and oxygen atoms in total. The Labute approximate surface area is 74.9 Å². The Hall–Kier alpha value is -0.310. The summed E-state index contributed by atoms with van der Waals surface area (Å²) in [6, 6.07) is 0. The summed E-state index contributed by atoms with van der Waals surface area (Å²) in [4.78, 5) is 0. The van der Waals surface area contributed by atoms with Gasteiger partial charge in [-0.25, -0.2) is 8.96 Å². The SMILES string of the molecule is CCCCOS(=O)(=O)O.N=S=O. The van der Waals surface area contributed by atoms with Crippen LogP contribution in [0.2, 0.25) is 0 Å². The lowest BCUT2D eigenvalue weighted by molar-refractivity contribution is 0.264. The van der Waals surface area contributed by atoms with Crippen molar-refractivity contribution in [2.45, 2.75) is 19.8 Å². The van der Waals surface area contributed by atoms with Gasteiger partial charge in [-0.15, -0.1) is 0 Å². The Morgan fingerprint density at radius 2 is 2.00 bits per heavy atom. The lowest BCUT2D eigenvalue weighted by Gasteiger charge is -1.95. The van der Waals surface area contributed by atoms with Gasteiger partial charge in [0.25, 0.3) is 0 Å². The molecule has 0 aromatic carbocycles. The highest BCUT2D eigenvalue weighted by Crippen LogP contribution is 1.91. The van der Waals surface area contributed by atoms with E-state index in [1.165, 1.54) is 0 Å². The summed E-state index contributed by atoms with van der Waals surface area (Å²) in [6.45, 7) is 1.96. The number of hydrogen-bond acceptors (Lipinski definition) is 5. The largest absolute Gasteiger partial charge is 0.397 e. The zero-order valence-corrected chi connectivity index (χ0v) is 8.15. The van der Waals surface area contributed by atoms with Gasteiger partial charge < -0.3 is 0 Å². The second-order valence-electron chi connectivity index (χ2n) is 1.69. The summed E-state index contributed by atoms with van der Waals surface area (Å²) < 4.78 is 45.8. The second-order valence-corrected chi connectivity index (χ2v) is 2.94. The van der Waals surface area contributed by atoms with Crippen LogP contribution in [0.3, 0.4) is 0 Å². The van der Waals surface area contributed by atoms with Crippen molar-refractivity contribution in [1.82, 2.24) is 0 Å². The van der Waals surface area contributed by atoms with Gasteiger partial charge in [-0.1, -0.05) is 13.3 Å². The Morgan fingerprint density at radius 1 is 1.58 bits per heavy atom. The smallest absolute Gasteiger partial charge is 0.264 e. The van der Waals surface area contributed by atoms with Gasteiger partial charge in [0.2, 0.25) is 0 Å². The molecule has 12 heavy (non-hydrogen) atoms. The zero-order chi connectivity index (χ0) is 10.0. The van der Waals surface area contributed by atoms with Gasteiger partial charge in [0.05, 0.1) is 6.61 Å². The summed E-state index contributed by atoms with van der Waals surface area (Å²) >= 11 is -0.250. The molecule has 0 aliphatic heterocycles. The molecule has 2 N–H and O–H groups in total. The average Bonchev–Trinajstić information content (AvgIpc) is 1.87. The molecule has 8 heteroatoms. The molecule has 0 saturated heterocycles. The second kappa shape index (κ2) is 8.78. The van der Waals surface area contributed by atoms with E-state index in [4.69, 9.17) is 13.5 Å². The van der Waals surface area contributed by atoms with Crippen molar-refractivity contribution < 1.29 is 21.4 Å². The van der Waals surface area contributed by atoms with Gasteiger partial charge in [-0.05, 0) is 6.42 Å². The van der Waals surface area contributed by atoms with Crippen molar-refractivity contribution in [3.05, 3.63) is 0 Å². The van der Waals surface area contributed by atoms with Crippen LogP contribution in [-0.4, -0.2) is 23.8 Å². The highest BCUT2D eigenvalue weighted by Gasteiger charge is 2.00. The van der Waals surface area contributed by atoms with Crippen LogP contribution in [0.4, 0.5) is 0 Å². The van der Waals surface area contributed by atoms with Crippen molar-refractivity contribution in [2.24, 2.45) is 0 Å². The van der Waals surface area contributed by atoms with Gasteiger partial charge in [-0.3, -0.25) is 4.55 Å². The third kappa shape index (κ3) is 22.6. The van der Waals surface area contributed by atoms with E-state index >= 15 is 0 Å². The van der Waals surface area contributed by atoms with E-state index in [0.717, 1.165) is 6.42 Å². The molecule has 0 bridgehead atoms. The molecule has 0 amide bonds. The van der Waals surface area contributed by atoms with E-state index in [9.17, 15) is 8.42 Å². The van der Waals surface area contributed by atoms with Crippen molar-refractivity contribution in [2.75, 3.05) is 6.61 Å². The van der Waals surface area contributed by atoms with Crippen LogP contribution in [-0.2, 0) is 26.0 Å². The molecule has 0 aliphatic carbocycles. The van der Waals surface area contributed by atoms with Crippen LogP contribution in [0, 0.1) is 4.78 Å². The quantitative estimate of drug-likeness (QED) is 0.529. The van der Waals surface area contributed by atoms with E-state index in [1.54, 1.807) is 0 Å². The minimum absolute atomic E-state index is 0.0648. The van der Waals surface area contributed by atoms with E-state index in [0.29, 0.717) is 6.42 Å². The Morgan fingerprint density at radius 3 is 2.25 bits per heavy atom. The number of nitrogens with one attached hydrogen (secondary N) is 1. The summed E-state index contributed by atoms with van der Waals surface area (Å²) in [7, 11) is -4.20. The molecule has 0 unspecified atom stereocenters. The van der Waals surface area contributed by atoms with Crippen LogP contribution in [0.1, 0.15) is 19.8 Å². The molecule has 0 atom stereocenters. The van der Waals surface area contributed by atoms with Crippen molar-refractivity contribution >= 4 is 21.9 Å². The summed E-state index contributed by atoms with van der Waals surface area (Å²) in [5.41, 5.74) is 0. The number of hydrogen-bond donors (Lipinski definition) is 2. The minimum atomic E-state index is -4.20. The van der Waals surface area contributed by atoms with Crippen LogP contribution < -0.4 is 0 Å². The first kappa shape index (κ1) is 14.2. The van der Waals surface area contributed by atoms with Gasteiger partial charge >= 0.3 is 10.4 Å². The number of rotatable bonds is 4. The third-order valence-electron chi connectivity index (χ3n) is 0.730. The molecule has 0 aliphatic rings. The predicted molar refractivity (Wildman–Crippen MR) is 43.3 cm³/mol. The van der Waals surface area contributed by atoms with Gasteiger partial charge in [0, 0.05) is 0 Å². The molecule has 0 aromatic heterocycles. The van der Waals surface area contributed by atoms with E-state index in [1.807, 2.05) is 6.92 Å². The molecule has 0 fully saturated rings. The number of unbranched alkanes of at least 4 members (excludes halogenated alkanes) is 1. The van der Waals surface area contributed by atoms with Crippen LogP contribution in [0.25, 0.3) is 0 Å². The van der Waals surface area contributed by atoms with Gasteiger partial charge in [-0.2, -0.15) is 12.6 Å². The first-order valence-electron chi connectivity index (χ1n) is 3.05. The molecule has 0 radical (unpaired) electrons. The maximum Gasteiger partial charge on any atom is 0.397 e. The Bertz CT molecular complexity index is 218. The maximum absolute atomic E-state index is 9.84. The molecule has 0 rings (SSSR count). The Balaban J connectivity index is 0. The molecular weight excluding hydrogens is 206 g/mol. The molecule has 74 valence electrons. The van der Waals surface area contributed by atoms with Gasteiger partial charge in [0.15, 0.2) is 11.5 Å². The molecular formula is C4H11NO5S2. The fraction of sp³-hybridized carbons (Fsp3) is 1.00. The molecule has 0 aromatic rings. The highest BCUT2D eigenvalue weighted by atomic mass is 32.3. The van der Waals surface area contributed by atoms with Crippen LogP contribution >= 0.6 is 0 Å². The minimum Gasteiger partial charge on any atom is -0.264 e. The standard InChI is InChI=1S/C4H10O4S.HNOS/c1-2-3-4-8-9(5,6)7;1-3-2/h2-4H2,1H3,(H,5,6,7);1H. The third-order valence-corrected chi connectivity index (χ3v) is 1.19. The predicted octanol–water partition coefficient (Wildman–Crippen LogP) is 0.568. The van der Waals surface area contributed by atoms with Crippen molar-refractivity contribution in [1.29, 1.82) is 4.78 Å². The normalized spacial score (nSPS) is 9.83. The fourth-order valence-corrected chi connectivity index (χ4v) is 0.637. The molecule has 0 heterocycles. The topological polar surface area (TPSA) is 105 Å². The summed E-state index contributed by atoms with van der Waals surface area (Å²) in [5, 5.41) is 0. The zero-order valence-electron chi connectivity index (χ0n) is 6.52. The van der Waals surface area contributed by atoms with Crippen molar-refractivity contribution in [3.8, 4) is 0 Å². The van der Waals surface area contributed by atoms with Crippen molar-refractivity contribution in [3.63, 3.8) is 0 Å². The highest BCUT2D eigenvalue weighted by molar-refractivity contribution is 7.80. The lowest BCUT2D eigenvalue weighted by Crippen LogP contribution is -2.04. The monoisotopic (exact) mass is 217 g/mol. The van der Waals surface area contributed by atoms with Gasteiger partial charge in [0.1, 0.15) is 0 Å². The maximum atomic E-state index is 9.84. The molecule has 0 saturated carbocycles. The van der Waals surface area contributed by atoms with E-state index in [2.05, 4.69) is 4.18 Å². The first-order valence-corrected chi connectivity index (χ1v) is 5.16.